The Hall–Kier alpha value is -8.00. The van der Waals surface area contributed by atoms with E-state index in [0.717, 1.165) is 17.8 Å². The van der Waals surface area contributed by atoms with Crippen LogP contribution in [0.2, 0.25) is 0 Å². The maximum atomic E-state index is 2.49. The zero-order valence-electron chi connectivity index (χ0n) is 39.2. The molecule has 9 aromatic carbocycles. The van der Waals surface area contributed by atoms with E-state index >= 15 is 0 Å². The first-order valence-corrected chi connectivity index (χ1v) is 24.0. The fourth-order valence-electron chi connectivity index (χ4n) is 11.2. The number of benzene rings is 9. The average Bonchev–Trinajstić information content (AvgIpc) is 3.59. The van der Waals surface area contributed by atoms with Gasteiger partial charge < -0.3 is 4.90 Å². The van der Waals surface area contributed by atoms with Gasteiger partial charge in [-0.3, -0.25) is 0 Å². The summed E-state index contributed by atoms with van der Waals surface area (Å²) in [5, 5.41) is 0. The van der Waals surface area contributed by atoms with Crippen molar-refractivity contribution in [2.24, 2.45) is 0 Å². The summed E-state index contributed by atoms with van der Waals surface area (Å²) in [4.78, 5) is 2.48. The Bertz CT molecular complexity index is 3450. The lowest BCUT2D eigenvalue weighted by atomic mass is 9.80. The van der Waals surface area contributed by atoms with Crippen LogP contribution in [-0.4, -0.2) is 0 Å². The number of anilines is 2. The molecule has 0 bridgehead atoms. The molecule has 68 heavy (non-hydrogen) atoms. The van der Waals surface area contributed by atoms with Gasteiger partial charge in [-0.1, -0.05) is 222 Å². The molecular formula is C67H53N. The van der Waals surface area contributed by atoms with Crippen LogP contribution in [0.1, 0.15) is 56.4 Å². The monoisotopic (exact) mass is 871 g/mol. The van der Waals surface area contributed by atoms with Crippen LogP contribution in [0.15, 0.2) is 248 Å². The Labute approximate surface area is 401 Å². The van der Waals surface area contributed by atoms with Gasteiger partial charge in [-0.05, 0) is 143 Å². The molecule has 0 aromatic heterocycles. The fourth-order valence-corrected chi connectivity index (χ4v) is 11.2. The third-order valence-corrected chi connectivity index (χ3v) is 15.0. The van der Waals surface area contributed by atoms with Gasteiger partial charge in [0.2, 0.25) is 0 Å². The van der Waals surface area contributed by atoms with Gasteiger partial charge >= 0.3 is 0 Å². The predicted octanol–water partition coefficient (Wildman–Crippen LogP) is 18.1. The number of fused-ring (bicyclic) bond motifs is 5. The summed E-state index contributed by atoms with van der Waals surface area (Å²) < 4.78 is 0. The van der Waals surface area contributed by atoms with Gasteiger partial charge in [-0.15, -0.1) is 0 Å². The van der Waals surface area contributed by atoms with E-state index in [2.05, 4.69) is 269 Å². The van der Waals surface area contributed by atoms with Crippen LogP contribution in [0.25, 0.3) is 72.3 Å². The van der Waals surface area contributed by atoms with Gasteiger partial charge in [-0.25, -0.2) is 0 Å². The second-order valence-corrected chi connectivity index (χ2v) is 19.7. The van der Waals surface area contributed by atoms with Gasteiger partial charge in [0.25, 0.3) is 0 Å². The molecule has 1 heteroatoms. The molecule has 0 saturated carbocycles. The minimum Gasteiger partial charge on any atom is -0.314 e. The number of hydrogen-bond acceptors (Lipinski definition) is 1. The first kappa shape index (κ1) is 41.4. The van der Waals surface area contributed by atoms with E-state index in [-0.39, 0.29) is 10.8 Å². The van der Waals surface area contributed by atoms with Crippen molar-refractivity contribution in [3.8, 4) is 66.8 Å². The lowest BCUT2D eigenvalue weighted by Crippen LogP contribution is -2.20. The standard InChI is InChI=1S/C67H53N/c1-66(2)62-21-12-11-19-58(62)60-40-34-54(42-63(60)66)52-32-38-56(39-33-52)68(55-36-30-50(31-37-55)49-24-22-47(23-25-49)45-14-7-5-8-15-45)57-18-13-20-59-61-41-35-53(43-64(61)67(3,4)65(59)44-57)51-28-26-48(27-29-51)46-16-9-6-10-17-46/h5-17,19-44H,18H2,1-4H3. The Balaban J connectivity index is 0.901. The molecule has 9 aromatic rings. The normalized spacial score (nSPS) is 14.9. The predicted molar refractivity (Wildman–Crippen MR) is 288 cm³/mol. The van der Waals surface area contributed by atoms with Crippen molar-refractivity contribution >= 4 is 16.9 Å². The van der Waals surface area contributed by atoms with E-state index in [9.17, 15) is 0 Å². The molecule has 0 radical (unpaired) electrons. The zero-order valence-corrected chi connectivity index (χ0v) is 39.2. The molecule has 0 fully saturated rings. The molecule has 0 heterocycles. The number of hydrogen-bond donors (Lipinski definition) is 0. The first-order valence-electron chi connectivity index (χ1n) is 24.0. The zero-order chi connectivity index (χ0) is 46.0. The van der Waals surface area contributed by atoms with E-state index in [4.69, 9.17) is 0 Å². The third-order valence-electron chi connectivity index (χ3n) is 15.0. The van der Waals surface area contributed by atoms with Crippen molar-refractivity contribution in [1.29, 1.82) is 0 Å². The number of nitrogens with zero attached hydrogens (tertiary/aromatic N) is 1. The van der Waals surface area contributed by atoms with E-state index in [0.29, 0.717) is 0 Å². The number of allylic oxidation sites excluding steroid dienone is 5. The van der Waals surface area contributed by atoms with Crippen LogP contribution in [0.5, 0.6) is 0 Å². The number of rotatable bonds is 8. The summed E-state index contributed by atoms with van der Waals surface area (Å²) in [6.07, 6.45) is 8.03. The van der Waals surface area contributed by atoms with Crippen molar-refractivity contribution < 1.29 is 0 Å². The Kier molecular flexibility index (Phi) is 9.99. The van der Waals surface area contributed by atoms with E-state index in [1.54, 1.807) is 0 Å². The molecule has 0 amide bonds. The molecule has 1 nitrogen and oxygen atoms in total. The molecule has 0 atom stereocenters. The van der Waals surface area contributed by atoms with Crippen molar-refractivity contribution in [1.82, 2.24) is 0 Å². The highest BCUT2D eigenvalue weighted by atomic mass is 15.1. The quantitative estimate of drug-likeness (QED) is 0.147. The summed E-state index contributed by atoms with van der Waals surface area (Å²) in [5.41, 5.74) is 26.4. The van der Waals surface area contributed by atoms with Crippen molar-refractivity contribution in [3.05, 3.63) is 270 Å². The van der Waals surface area contributed by atoms with Crippen LogP contribution in [0.3, 0.4) is 0 Å². The molecule has 3 aliphatic carbocycles. The molecule has 0 unspecified atom stereocenters. The average molecular weight is 872 g/mol. The Morgan fingerprint density at radius 3 is 1.24 bits per heavy atom. The summed E-state index contributed by atoms with van der Waals surface area (Å²) in [6.45, 7) is 9.52. The Morgan fingerprint density at radius 1 is 0.338 bits per heavy atom. The van der Waals surface area contributed by atoms with Crippen LogP contribution >= 0.6 is 0 Å². The highest BCUT2D eigenvalue weighted by Crippen LogP contribution is 2.52. The topological polar surface area (TPSA) is 3.24 Å². The van der Waals surface area contributed by atoms with Gasteiger partial charge in [0.05, 0.1) is 0 Å². The van der Waals surface area contributed by atoms with E-state index < -0.39 is 0 Å². The summed E-state index contributed by atoms with van der Waals surface area (Å²) in [7, 11) is 0. The van der Waals surface area contributed by atoms with Gasteiger partial charge in [0.15, 0.2) is 0 Å². The van der Waals surface area contributed by atoms with Crippen molar-refractivity contribution in [2.75, 3.05) is 4.90 Å². The lowest BCUT2D eigenvalue weighted by Gasteiger charge is -2.30. The summed E-state index contributed by atoms with van der Waals surface area (Å²) in [6, 6.07) is 80.6. The largest absolute Gasteiger partial charge is 0.314 e. The van der Waals surface area contributed by atoms with Crippen molar-refractivity contribution in [3.63, 3.8) is 0 Å². The van der Waals surface area contributed by atoms with Gasteiger partial charge in [0.1, 0.15) is 0 Å². The first-order chi connectivity index (χ1) is 33.2. The minimum absolute atomic E-state index is 0.0504. The SMILES string of the molecule is CC1(C)C2=C(C=CCC(N(c3ccc(-c4ccc(-c5ccccc5)cc4)cc3)c3ccc(-c4ccc5c(c4)C(C)(C)c4ccccc4-5)cc3)=C2)c2ccc(-c3ccc(-c4ccccc4)cc3)cc21. The summed E-state index contributed by atoms with van der Waals surface area (Å²) in [5.74, 6) is 0. The smallest absolute Gasteiger partial charge is 0.0458 e. The maximum Gasteiger partial charge on any atom is 0.0458 e. The molecular weight excluding hydrogens is 819 g/mol. The Morgan fingerprint density at radius 2 is 0.721 bits per heavy atom. The molecule has 0 aliphatic heterocycles. The second kappa shape index (κ2) is 16.4. The molecule has 12 rings (SSSR count). The third kappa shape index (κ3) is 7.09. The molecule has 3 aliphatic rings. The molecule has 0 spiro atoms. The van der Waals surface area contributed by atoms with E-state index in [1.165, 1.54) is 106 Å². The van der Waals surface area contributed by atoms with Crippen LogP contribution in [0, 0.1) is 0 Å². The van der Waals surface area contributed by atoms with Crippen LogP contribution in [0.4, 0.5) is 11.4 Å². The van der Waals surface area contributed by atoms with Gasteiger partial charge in [0, 0.05) is 34.3 Å². The van der Waals surface area contributed by atoms with Crippen LogP contribution in [-0.2, 0) is 10.8 Å². The maximum absolute atomic E-state index is 2.49. The second-order valence-electron chi connectivity index (χ2n) is 19.7. The molecule has 0 saturated heterocycles. The van der Waals surface area contributed by atoms with Crippen molar-refractivity contribution in [2.45, 2.75) is 44.9 Å². The lowest BCUT2D eigenvalue weighted by molar-refractivity contribution is 0.653. The highest BCUT2D eigenvalue weighted by Gasteiger charge is 2.38. The van der Waals surface area contributed by atoms with E-state index in [1.807, 2.05) is 0 Å². The van der Waals surface area contributed by atoms with Crippen LogP contribution < -0.4 is 4.90 Å². The summed E-state index contributed by atoms with van der Waals surface area (Å²) >= 11 is 0. The minimum atomic E-state index is -0.211. The molecule has 326 valence electrons. The van der Waals surface area contributed by atoms with Gasteiger partial charge in [-0.2, -0.15) is 0 Å². The highest BCUT2D eigenvalue weighted by molar-refractivity contribution is 5.91. The molecule has 0 N–H and O–H groups in total. The fraction of sp³-hybridized carbons (Fsp3) is 0.104.